The number of nitrogens with zero attached hydrogens (tertiary/aromatic N) is 3. The molecule has 0 fully saturated rings. The van der Waals surface area contributed by atoms with Gasteiger partial charge in [-0.25, -0.2) is 0 Å². The molecule has 2 aromatic heterocycles. The fourth-order valence-corrected chi connectivity index (χ4v) is 3.34. The van der Waals surface area contributed by atoms with Crippen LogP contribution in [0.2, 0.25) is 0 Å². The largest absolute Gasteiger partial charge is 0.348 e. The van der Waals surface area contributed by atoms with Crippen LogP contribution < -0.4 is 16.4 Å². The topological polar surface area (TPSA) is 86.0 Å². The van der Waals surface area contributed by atoms with E-state index in [1.54, 1.807) is 43.7 Å². The number of benzene rings is 2. The van der Waals surface area contributed by atoms with Gasteiger partial charge in [-0.2, -0.15) is 0 Å². The molecular weight excluding hydrogens is 380 g/mol. The summed E-state index contributed by atoms with van der Waals surface area (Å²) in [6, 6.07) is 18.0. The fraction of sp³-hybridized carbons (Fsp3) is 0.130. The number of fused-ring (bicyclic) bond motifs is 1. The Hall–Kier alpha value is -4.00. The summed E-state index contributed by atoms with van der Waals surface area (Å²) < 4.78 is 2.83. The first-order chi connectivity index (χ1) is 14.5. The summed E-state index contributed by atoms with van der Waals surface area (Å²) in [5, 5.41) is 2.85. The van der Waals surface area contributed by atoms with Crippen LogP contribution in [0, 0.1) is 0 Å². The van der Waals surface area contributed by atoms with E-state index in [0.29, 0.717) is 23.1 Å². The van der Waals surface area contributed by atoms with Gasteiger partial charge in [0.05, 0.1) is 17.6 Å². The van der Waals surface area contributed by atoms with Gasteiger partial charge in [-0.3, -0.25) is 23.9 Å². The molecule has 0 aliphatic heterocycles. The van der Waals surface area contributed by atoms with Crippen molar-refractivity contribution in [1.29, 1.82) is 0 Å². The van der Waals surface area contributed by atoms with Crippen LogP contribution in [-0.4, -0.2) is 20.0 Å². The van der Waals surface area contributed by atoms with E-state index in [2.05, 4.69) is 10.3 Å². The zero-order chi connectivity index (χ0) is 21.1. The molecule has 0 saturated heterocycles. The van der Waals surface area contributed by atoms with E-state index in [0.717, 1.165) is 11.1 Å². The number of nitrogens with one attached hydrogen (secondary N) is 1. The number of aryl methyl sites for hydroxylation is 1. The van der Waals surface area contributed by atoms with Crippen LogP contribution in [-0.2, 0) is 20.1 Å². The van der Waals surface area contributed by atoms with Crippen molar-refractivity contribution in [1.82, 2.24) is 19.4 Å². The van der Waals surface area contributed by atoms with Crippen molar-refractivity contribution in [2.75, 3.05) is 0 Å². The summed E-state index contributed by atoms with van der Waals surface area (Å²) in [6.07, 6.45) is 3.39. The van der Waals surface area contributed by atoms with Crippen molar-refractivity contribution in [2.24, 2.45) is 7.05 Å². The molecule has 30 heavy (non-hydrogen) atoms. The second-order valence-electron chi connectivity index (χ2n) is 6.99. The lowest BCUT2D eigenvalue weighted by Gasteiger charge is -2.13. The molecule has 2 aromatic carbocycles. The zero-order valence-corrected chi connectivity index (χ0v) is 16.4. The normalized spacial score (nSPS) is 10.8. The summed E-state index contributed by atoms with van der Waals surface area (Å²) in [7, 11) is 1.59. The van der Waals surface area contributed by atoms with E-state index in [1.807, 2.05) is 36.4 Å². The van der Waals surface area contributed by atoms with Crippen LogP contribution in [0.25, 0.3) is 11.0 Å². The van der Waals surface area contributed by atoms with Gasteiger partial charge < -0.3 is 9.88 Å². The van der Waals surface area contributed by atoms with Crippen LogP contribution in [0.1, 0.15) is 21.5 Å². The number of amides is 1. The average Bonchev–Trinajstić information content (AvgIpc) is 2.80. The average molecular weight is 400 g/mol. The Kier molecular flexibility index (Phi) is 5.26. The van der Waals surface area contributed by atoms with Crippen molar-refractivity contribution in [3.05, 3.63) is 110 Å². The van der Waals surface area contributed by atoms with Crippen LogP contribution in [0.15, 0.2) is 82.6 Å². The maximum absolute atomic E-state index is 12.6. The van der Waals surface area contributed by atoms with Crippen LogP contribution >= 0.6 is 0 Å². The van der Waals surface area contributed by atoms with E-state index >= 15 is 0 Å². The third kappa shape index (κ3) is 3.77. The SMILES string of the molecule is Cn1c(=O)c(=O)n(Cc2ccc(C(=O)NCc3cccnc3)cc2)c2ccccc21. The molecule has 4 rings (SSSR count). The number of carbonyl (C=O) groups excluding carboxylic acids is 1. The van der Waals surface area contributed by atoms with Gasteiger partial charge in [-0.1, -0.05) is 30.3 Å². The summed E-state index contributed by atoms with van der Waals surface area (Å²) in [5.74, 6) is -0.193. The fourth-order valence-electron chi connectivity index (χ4n) is 3.34. The number of rotatable bonds is 5. The van der Waals surface area contributed by atoms with Gasteiger partial charge >= 0.3 is 11.1 Å². The van der Waals surface area contributed by atoms with Crippen LogP contribution in [0.5, 0.6) is 0 Å². The van der Waals surface area contributed by atoms with Gasteiger partial charge in [-0.15, -0.1) is 0 Å². The third-order valence-electron chi connectivity index (χ3n) is 5.00. The predicted octanol–water partition coefficient (Wildman–Crippen LogP) is 2.07. The highest BCUT2D eigenvalue weighted by Crippen LogP contribution is 2.12. The van der Waals surface area contributed by atoms with E-state index in [-0.39, 0.29) is 12.5 Å². The monoisotopic (exact) mass is 400 g/mol. The molecule has 0 saturated carbocycles. The Morgan fingerprint density at radius 2 is 1.63 bits per heavy atom. The minimum absolute atomic E-state index is 0.193. The van der Waals surface area contributed by atoms with Crippen molar-refractivity contribution >= 4 is 16.9 Å². The predicted molar refractivity (Wildman–Crippen MR) is 114 cm³/mol. The van der Waals surface area contributed by atoms with Gasteiger partial charge in [-0.05, 0) is 41.5 Å². The van der Waals surface area contributed by atoms with E-state index < -0.39 is 11.1 Å². The molecule has 0 aliphatic rings. The summed E-state index contributed by atoms with van der Waals surface area (Å²) in [6.45, 7) is 0.635. The van der Waals surface area contributed by atoms with Crippen molar-refractivity contribution in [2.45, 2.75) is 13.1 Å². The Morgan fingerprint density at radius 3 is 2.33 bits per heavy atom. The maximum Gasteiger partial charge on any atom is 0.317 e. The molecule has 0 radical (unpaired) electrons. The van der Waals surface area contributed by atoms with Gasteiger partial charge in [0.1, 0.15) is 0 Å². The molecule has 0 bridgehead atoms. The molecule has 7 nitrogen and oxygen atoms in total. The Balaban J connectivity index is 1.55. The third-order valence-corrected chi connectivity index (χ3v) is 5.00. The van der Waals surface area contributed by atoms with E-state index in [1.165, 1.54) is 9.13 Å². The van der Waals surface area contributed by atoms with Crippen molar-refractivity contribution in [3.63, 3.8) is 0 Å². The number of pyridine rings is 1. The zero-order valence-electron chi connectivity index (χ0n) is 16.4. The number of para-hydroxylation sites is 2. The van der Waals surface area contributed by atoms with Crippen LogP contribution in [0.3, 0.4) is 0 Å². The number of hydrogen-bond donors (Lipinski definition) is 1. The number of hydrogen-bond acceptors (Lipinski definition) is 4. The first kappa shape index (κ1) is 19.3. The van der Waals surface area contributed by atoms with Crippen molar-refractivity contribution < 1.29 is 4.79 Å². The van der Waals surface area contributed by atoms with Gasteiger partial charge in [0.2, 0.25) is 0 Å². The standard InChI is InChI=1S/C23H20N4O3/c1-26-19-6-2-3-7-20(19)27(23(30)22(26)29)15-16-8-10-18(11-9-16)21(28)25-14-17-5-4-12-24-13-17/h2-13H,14-15H2,1H3,(H,25,28). The van der Waals surface area contributed by atoms with E-state index in [4.69, 9.17) is 0 Å². The van der Waals surface area contributed by atoms with Gasteiger partial charge in [0.15, 0.2) is 0 Å². The lowest BCUT2D eigenvalue weighted by atomic mass is 10.1. The molecule has 150 valence electrons. The Labute approximate surface area is 172 Å². The molecule has 0 atom stereocenters. The minimum Gasteiger partial charge on any atom is -0.348 e. The number of carbonyl (C=O) groups is 1. The highest BCUT2D eigenvalue weighted by atomic mass is 16.2. The molecule has 1 N–H and O–H groups in total. The molecule has 2 heterocycles. The molecule has 0 unspecified atom stereocenters. The van der Waals surface area contributed by atoms with Gasteiger partial charge in [0, 0.05) is 31.5 Å². The molecule has 4 aromatic rings. The molecular formula is C23H20N4O3. The summed E-state index contributed by atoms with van der Waals surface area (Å²) >= 11 is 0. The first-order valence-electron chi connectivity index (χ1n) is 9.49. The summed E-state index contributed by atoms with van der Waals surface area (Å²) in [5.41, 5.74) is 2.48. The van der Waals surface area contributed by atoms with Crippen LogP contribution in [0.4, 0.5) is 0 Å². The quantitative estimate of drug-likeness (QED) is 0.520. The van der Waals surface area contributed by atoms with Crippen molar-refractivity contribution in [3.8, 4) is 0 Å². The Bertz CT molecular complexity index is 1320. The lowest BCUT2D eigenvalue weighted by Crippen LogP contribution is -2.40. The molecule has 0 spiro atoms. The van der Waals surface area contributed by atoms with E-state index in [9.17, 15) is 14.4 Å². The smallest absolute Gasteiger partial charge is 0.317 e. The highest BCUT2D eigenvalue weighted by molar-refractivity contribution is 5.94. The molecule has 7 heteroatoms. The first-order valence-corrected chi connectivity index (χ1v) is 9.49. The second kappa shape index (κ2) is 8.16. The summed E-state index contributed by atoms with van der Waals surface area (Å²) in [4.78, 5) is 41.3. The lowest BCUT2D eigenvalue weighted by molar-refractivity contribution is 0.0951. The van der Waals surface area contributed by atoms with Gasteiger partial charge in [0.25, 0.3) is 5.91 Å². The molecule has 0 aliphatic carbocycles. The number of aromatic nitrogens is 3. The highest BCUT2D eigenvalue weighted by Gasteiger charge is 2.11. The Morgan fingerprint density at radius 1 is 0.900 bits per heavy atom. The minimum atomic E-state index is -0.575. The second-order valence-corrected chi connectivity index (χ2v) is 6.99. The molecule has 1 amide bonds. The maximum atomic E-state index is 12.6.